The van der Waals surface area contributed by atoms with Gasteiger partial charge in [0.25, 0.3) is 5.91 Å². The summed E-state index contributed by atoms with van der Waals surface area (Å²) in [6, 6.07) is 4.42. The maximum absolute atomic E-state index is 13.2. The number of benzene rings is 1. The number of nitrogens with two attached hydrogens (primary N) is 2. The monoisotopic (exact) mass is 285 g/mol. The van der Waals surface area contributed by atoms with Crippen molar-refractivity contribution in [3.05, 3.63) is 24.0 Å². The van der Waals surface area contributed by atoms with E-state index in [1.807, 2.05) is 0 Å². The molecule has 2 atom stereocenters. The normalized spacial score (nSPS) is 22.4. The Balaban J connectivity index is 1.85. The van der Waals surface area contributed by atoms with Crippen molar-refractivity contribution in [1.29, 1.82) is 0 Å². The third-order valence-electron chi connectivity index (χ3n) is 2.87. The Morgan fingerprint density at radius 1 is 1.47 bits per heavy atom. The molecule has 0 radical (unpaired) electrons. The molecule has 1 amide bonds. The van der Waals surface area contributed by atoms with Crippen LogP contribution in [0.3, 0.4) is 0 Å². The first-order chi connectivity index (χ1) is 9.08. The summed E-state index contributed by atoms with van der Waals surface area (Å²) >= 11 is 1.46. The predicted octanol–water partition coefficient (Wildman–Crippen LogP) is 1.04. The van der Waals surface area contributed by atoms with Crippen LogP contribution < -0.4 is 17.0 Å². The van der Waals surface area contributed by atoms with Gasteiger partial charge in [0.15, 0.2) is 0 Å². The summed E-state index contributed by atoms with van der Waals surface area (Å²) in [6.07, 6.45) is 0.931. The molecule has 1 aliphatic heterocycles. The van der Waals surface area contributed by atoms with Gasteiger partial charge in [-0.15, -0.1) is 11.8 Å². The smallest absolute Gasteiger partial charge is 0.263 e. The lowest BCUT2D eigenvalue weighted by Crippen LogP contribution is -2.39. The van der Waals surface area contributed by atoms with Gasteiger partial charge in [0, 0.05) is 16.3 Å². The van der Waals surface area contributed by atoms with Gasteiger partial charge in [0.2, 0.25) is 0 Å². The van der Waals surface area contributed by atoms with Gasteiger partial charge >= 0.3 is 0 Å². The van der Waals surface area contributed by atoms with Crippen molar-refractivity contribution >= 4 is 23.4 Å². The lowest BCUT2D eigenvalue weighted by Gasteiger charge is -2.12. The van der Waals surface area contributed by atoms with Gasteiger partial charge in [0.05, 0.1) is 6.10 Å². The minimum atomic E-state index is -0.479. The second kappa shape index (κ2) is 6.23. The number of halogens is 1. The number of amides is 1. The van der Waals surface area contributed by atoms with E-state index in [0.717, 1.165) is 11.3 Å². The Bertz CT molecular complexity index is 452. The maximum atomic E-state index is 13.2. The summed E-state index contributed by atoms with van der Waals surface area (Å²) in [4.78, 5) is 12.0. The van der Waals surface area contributed by atoms with Gasteiger partial charge < -0.3 is 10.5 Å². The lowest BCUT2D eigenvalue weighted by atomic mass is 10.2. The van der Waals surface area contributed by atoms with Crippen LogP contribution in [0.25, 0.3) is 0 Å². The summed E-state index contributed by atoms with van der Waals surface area (Å²) in [5.74, 6) is 5.05. The molecule has 2 unspecified atom stereocenters. The van der Waals surface area contributed by atoms with E-state index < -0.39 is 6.10 Å². The average Bonchev–Trinajstić information content (AvgIpc) is 2.83. The molecule has 0 spiro atoms. The molecule has 1 aromatic carbocycles. The highest BCUT2D eigenvalue weighted by atomic mass is 32.2. The number of thioether (sulfide) groups is 1. The quantitative estimate of drug-likeness (QED) is 0.253. The van der Waals surface area contributed by atoms with Gasteiger partial charge in [-0.25, -0.2) is 10.2 Å². The number of nitrogens with one attached hydrogen (secondary N) is 1. The fourth-order valence-corrected chi connectivity index (χ4v) is 3.01. The van der Waals surface area contributed by atoms with E-state index in [4.69, 9.17) is 16.3 Å². The molecule has 5 N–H and O–H groups in total. The van der Waals surface area contributed by atoms with Crippen LogP contribution in [-0.4, -0.2) is 23.9 Å². The van der Waals surface area contributed by atoms with E-state index >= 15 is 0 Å². The van der Waals surface area contributed by atoms with Gasteiger partial charge in [-0.3, -0.25) is 10.2 Å². The van der Waals surface area contributed by atoms with Crippen molar-refractivity contribution in [2.24, 2.45) is 5.84 Å². The molecule has 0 aromatic heterocycles. The van der Waals surface area contributed by atoms with E-state index in [0.29, 0.717) is 17.9 Å². The molecule has 1 aliphatic rings. The summed E-state index contributed by atoms with van der Waals surface area (Å²) in [5.41, 5.74) is 8.05. The summed E-state index contributed by atoms with van der Waals surface area (Å²) in [7, 11) is 0. The summed E-state index contributed by atoms with van der Waals surface area (Å²) in [6.45, 7) is 0. The molecule has 1 heterocycles. The van der Waals surface area contributed by atoms with Crippen molar-refractivity contribution in [2.45, 2.75) is 29.9 Å². The van der Waals surface area contributed by atoms with Gasteiger partial charge in [-0.1, -0.05) is 0 Å². The third-order valence-corrected chi connectivity index (χ3v) is 3.98. The van der Waals surface area contributed by atoms with Gasteiger partial charge in [-0.2, -0.15) is 0 Å². The van der Waals surface area contributed by atoms with Crippen molar-refractivity contribution in [3.8, 4) is 0 Å². The third kappa shape index (κ3) is 3.82. The zero-order valence-electron chi connectivity index (χ0n) is 10.3. The molecule has 7 heteroatoms. The number of hydrazine groups is 1. The fourth-order valence-electron chi connectivity index (χ4n) is 1.97. The molecule has 1 fully saturated rings. The fraction of sp³-hybridized carbons (Fsp3) is 0.417. The number of hydrogen-bond donors (Lipinski definition) is 3. The number of rotatable bonds is 4. The maximum Gasteiger partial charge on any atom is 0.263 e. The lowest BCUT2D eigenvalue weighted by molar-refractivity contribution is -0.131. The van der Waals surface area contributed by atoms with Crippen molar-refractivity contribution in [3.63, 3.8) is 0 Å². The number of ether oxygens (including phenoxy) is 1. The second-order valence-electron chi connectivity index (χ2n) is 4.36. The molecule has 0 saturated carbocycles. The molecule has 1 saturated heterocycles. The molecule has 104 valence electrons. The number of nitrogen functional groups attached to an aromatic ring is 1. The van der Waals surface area contributed by atoms with Crippen LogP contribution in [0.15, 0.2) is 23.1 Å². The van der Waals surface area contributed by atoms with E-state index in [9.17, 15) is 9.18 Å². The highest BCUT2D eigenvalue weighted by molar-refractivity contribution is 7.99. The van der Waals surface area contributed by atoms with E-state index in [1.54, 1.807) is 6.07 Å². The van der Waals surface area contributed by atoms with E-state index in [1.165, 1.54) is 23.9 Å². The Morgan fingerprint density at radius 2 is 2.26 bits per heavy atom. The van der Waals surface area contributed by atoms with Crippen LogP contribution in [-0.2, 0) is 9.53 Å². The summed E-state index contributed by atoms with van der Waals surface area (Å²) in [5, 5.41) is 0. The SMILES string of the molecule is NNC(=O)C1CCC(CSc2cc(N)cc(F)c2)O1. The number of anilines is 1. The molecule has 0 bridgehead atoms. The van der Waals surface area contributed by atoms with Crippen LogP contribution >= 0.6 is 11.8 Å². The molecular weight excluding hydrogens is 269 g/mol. The van der Waals surface area contributed by atoms with Crippen LogP contribution in [0, 0.1) is 5.82 Å². The standard InChI is InChI=1S/C12H16FN3O2S/c13-7-3-8(14)5-10(4-7)19-6-9-1-2-11(18-9)12(17)16-15/h3-5,9,11H,1-2,6,14-15H2,(H,16,17). The number of carbonyl (C=O) groups is 1. The Kier molecular flexibility index (Phi) is 4.62. The van der Waals surface area contributed by atoms with Crippen molar-refractivity contribution in [2.75, 3.05) is 11.5 Å². The highest BCUT2D eigenvalue weighted by Crippen LogP contribution is 2.28. The first kappa shape index (κ1) is 14.1. The minimum Gasteiger partial charge on any atom is -0.399 e. The Labute approximate surface area is 114 Å². The zero-order chi connectivity index (χ0) is 13.8. The average molecular weight is 285 g/mol. The molecular formula is C12H16FN3O2S. The Morgan fingerprint density at radius 3 is 2.95 bits per heavy atom. The van der Waals surface area contributed by atoms with Crippen LogP contribution in [0.2, 0.25) is 0 Å². The van der Waals surface area contributed by atoms with Gasteiger partial charge in [-0.05, 0) is 31.0 Å². The van der Waals surface area contributed by atoms with Gasteiger partial charge in [0.1, 0.15) is 11.9 Å². The first-order valence-corrected chi connectivity index (χ1v) is 6.92. The van der Waals surface area contributed by atoms with Crippen LogP contribution in [0.1, 0.15) is 12.8 Å². The zero-order valence-corrected chi connectivity index (χ0v) is 11.1. The van der Waals surface area contributed by atoms with Crippen molar-refractivity contribution in [1.82, 2.24) is 5.43 Å². The Hall–Kier alpha value is -1.31. The van der Waals surface area contributed by atoms with Crippen LogP contribution in [0.5, 0.6) is 0 Å². The largest absolute Gasteiger partial charge is 0.399 e. The summed E-state index contributed by atoms with van der Waals surface area (Å²) < 4.78 is 18.7. The highest BCUT2D eigenvalue weighted by Gasteiger charge is 2.30. The number of hydrogen-bond acceptors (Lipinski definition) is 5. The van der Waals surface area contributed by atoms with Crippen molar-refractivity contribution < 1.29 is 13.9 Å². The first-order valence-electron chi connectivity index (χ1n) is 5.93. The molecule has 2 rings (SSSR count). The molecule has 0 aliphatic carbocycles. The molecule has 1 aromatic rings. The number of carbonyl (C=O) groups excluding carboxylic acids is 1. The van der Waals surface area contributed by atoms with Crippen LogP contribution in [0.4, 0.5) is 10.1 Å². The second-order valence-corrected chi connectivity index (χ2v) is 5.46. The van der Waals surface area contributed by atoms with E-state index in [-0.39, 0.29) is 17.8 Å². The predicted molar refractivity (Wildman–Crippen MR) is 71.8 cm³/mol. The molecule has 19 heavy (non-hydrogen) atoms. The van der Waals surface area contributed by atoms with E-state index in [2.05, 4.69) is 5.43 Å². The minimum absolute atomic E-state index is 0.0307. The topological polar surface area (TPSA) is 90.4 Å². The molecule has 5 nitrogen and oxygen atoms in total.